The molecule has 1 heterocycles. The number of hydrogen-bond acceptors (Lipinski definition) is 3. The van der Waals surface area contributed by atoms with E-state index in [4.69, 9.17) is 5.73 Å². The highest BCUT2D eigenvalue weighted by atomic mass is 32.2. The summed E-state index contributed by atoms with van der Waals surface area (Å²) in [6, 6.07) is 12.5. The first-order valence-electron chi connectivity index (χ1n) is 5.60. The summed E-state index contributed by atoms with van der Waals surface area (Å²) in [4.78, 5) is 5.34. The smallest absolute Gasteiger partial charge is 0.0405 e. The molecule has 0 spiro atoms. The number of pyridine rings is 1. The zero-order valence-corrected chi connectivity index (χ0v) is 10.7. The number of benzene rings is 1. The van der Waals surface area contributed by atoms with Gasteiger partial charge in [0, 0.05) is 29.1 Å². The number of nitrogens with zero attached hydrogens (tertiary/aromatic N) is 1. The molecule has 0 saturated heterocycles. The third-order valence-corrected chi connectivity index (χ3v) is 3.69. The van der Waals surface area contributed by atoms with Gasteiger partial charge in [-0.1, -0.05) is 23.8 Å². The fraction of sp³-hybridized carbons (Fsp3) is 0.214. The largest absolute Gasteiger partial charge is 0.323 e. The lowest BCUT2D eigenvalue weighted by Crippen LogP contribution is -2.12. The van der Waals surface area contributed by atoms with Gasteiger partial charge in [0.2, 0.25) is 0 Å². The van der Waals surface area contributed by atoms with Crippen molar-refractivity contribution < 1.29 is 0 Å². The number of hydrogen-bond donors (Lipinski definition) is 1. The molecule has 17 heavy (non-hydrogen) atoms. The van der Waals surface area contributed by atoms with Crippen LogP contribution in [-0.2, 0) is 0 Å². The minimum atomic E-state index is 0.0370. The Morgan fingerprint density at radius 2 is 2.00 bits per heavy atom. The lowest BCUT2D eigenvalue weighted by atomic mass is 10.2. The third-order valence-electron chi connectivity index (χ3n) is 2.56. The predicted octanol–water partition coefficient (Wildman–Crippen LogP) is 3.18. The van der Waals surface area contributed by atoms with Crippen LogP contribution in [0.2, 0.25) is 0 Å². The number of thioether (sulfide) groups is 1. The second-order valence-electron chi connectivity index (χ2n) is 4.02. The Kier molecular flexibility index (Phi) is 4.18. The van der Waals surface area contributed by atoms with Gasteiger partial charge in [-0.2, -0.15) is 0 Å². The summed E-state index contributed by atoms with van der Waals surface area (Å²) in [6.45, 7) is 2.09. The third kappa shape index (κ3) is 3.58. The Morgan fingerprint density at radius 1 is 1.24 bits per heavy atom. The zero-order valence-electron chi connectivity index (χ0n) is 9.84. The molecular formula is C14H16N2S. The molecule has 0 aliphatic heterocycles. The molecule has 0 saturated carbocycles. The fourth-order valence-electron chi connectivity index (χ4n) is 1.51. The van der Waals surface area contributed by atoms with E-state index in [-0.39, 0.29) is 6.04 Å². The average molecular weight is 244 g/mol. The summed E-state index contributed by atoms with van der Waals surface area (Å²) in [5.41, 5.74) is 8.49. The van der Waals surface area contributed by atoms with E-state index in [1.807, 2.05) is 18.3 Å². The standard InChI is InChI=1S/C14H16N2S/c1-11-4-6-13(7-5-11)17-10-14(15)12-3-2-8-16-9-12/h2-9,14H,10,15H2,1H3. The quantitative estimate of drug-likeness (QED) is 0.840. The summed E-state index contributed by atoms with van der Waals surface area (Å²) in [5, 5.41) is 0. The van der Waals surface area contributed by atoms with E-state index in [2.05, 4.69) is 36.2 Å². The monoisotopic (exact) mass is 244 g/mol. The molecule has 1 atom stereocenters. The first-order valence-corrected chi connectivity index (χ1v) is 6.59. The normalized spacial score (nSPS) is 12.4. The van der Waals surface area contributed by atoms with Gasteiger partial charge < -0.3 is 5.73 Å². The molecule has 2 N–H and O–H groups in total. The molecule has 2 rings (SSSR count). The van der Waals surface area contributed by atoms with Crippen LogP contribution in [0.1, 0.15) is 17.2 Å². The molecule has 1 unspecified atom stereocenters. The summed E-state index contributed by atoms with van der Waals surface area (Å²) in [7, 11) is 0. The Hall–Kier alpha value is -1.32. The van der Waals surface area contributed by atoms with Crippen molar-refractivity contribution in [3.63, 3.8) is 0 Å². The van der Waals surface area contributed by atoms with Gasteiger partial charge in [-0.15, -0.1) is 11.8 Å². The van der Waals surface area contributed by atoms with Crippen LogP contribution in [0.15, 0.2) is 53.7 Å². The first kappa shape index (κ1) is 12.1. The molecule has 0 aliphatic carbocycles. The number of aromatic nitrogens is 1. The van der Waals surface area contributed by atoms with Gasteiger partial charge in [0.1, 0.15) is 0 Å². The van der Waals surface area contributed by atoms with Crippen LogP contribution in [-0.4, -0.2) is 10.7 Å². The van der Waals surface area contributed by atoms with Crippen molar-refractivity contribution in [1.29, 1.82) is 0 Å². The van der Waals surface area contributed by atoms with Gasteiger partial charge in [0.25, 0.3) is 0 Å². The Labute approximate surface area is 106 Å². The van der Waals surface area contributed by atoms with Crippen LogP contribution >= 0.6 is 11.8 Å². The van der Waals surface area contributed by atoms with Crippen molar-refractivity contribution in [3.05, 3.63) is 59.9 Å². The van der Waals surface area contributed by atoms with Gasteiger partial charge in [0.05, 0.1) is 0 Å². The molecule has 1 aromatic carbocycles. The van der Waals surface area contributed by atoms with E-state index in [9.17, 15) is 0 Å². The molecule has 2 nitrogen and oxygen atoms in total. The molecule has 3 heteroatoms. The predicted molar refractivity (Wildman–Crippen MR) is 73.1 cm³/mol. The van der Waals surface area contributed by atoms with Crippen molar-refractivity contribution in [2.45, 2.75) is 17.9 Å². The number of nitrogens with two attached hydrogens (primary N) is 1. The van der Waals surface area contributed by atoms with Crippen molar-refractivity contribution in [1.82, 2.24) is 4.98 Å². The van der Waals surface area contributed by atoms with Crippen LogP contribution in [0.5, 0.6) is 0 Å². The van der Waals surface area contributed by atoms with Crippen LogP contribution in [0.3, 0.4) is 0 Å². The molecular weight excluding hydrogens is 228 g/mol. The Balaban J connectivity index is 1.92. The summed E-state index contributed by atoms with van der Waals surface area (Å²) >= 11 is 1.78. The molecule has 0 radical (unpaired) electrons. The van der Waals surface area contributed by atoms with E-state index in [1.54, 1.807) is 18.0 Å². The van der Waals surface area contributed by atoms with Crippen LogP contribution < -0.4 is 5.73 Å². The lowest BCUT2D eigenvalue weighted by Gasteiger charge is -2.11. The van der Waals surface area contributed by atoms with Crippen LogP contribution in [0.4, 0.5) is 0 Å². The van der Waals surface area contributed by atoms with E-state index in [0.717, 1.165) is 11.3 Å². The second kappa shape index (κ2) is 5.84. The first-order chi connectivity index (χ1) is 8.25. The highest BCUT2D eigenvalue weighted by Crippen LogP contribution is 2.23. The maximum Gasteiger partial charge on any atom is 0.0405 e. The molecule has 0 fully saturated rings. The summed E-state index contributed by atoms with van der Waals surface area (Å²) < 4.78 is 0. The second-order valence-corrected chi connectivity index (χ2v) is 5.11. The van der Waals surface area contributed by atoms with Gasteiger partial charge in [0.15, 0.2) is 0 Å². The summed E-state index contributed by atoms with van der Waals surface area (Å²) in [5.74, 6) is 0.870. The topological polar surface area (TPSA) is 38.9 Å². The molecule has 0 bridgehead atoms. The molecule has 0 amide bonds. The minimum absolute atomic E-state index is 0.0370. The van der Waals surface area contributed by atoms with Gasteiger partial charge in [-0.05, 0) is 30.7 Å². The lowest BCUT2D eigenvalue weighted by molar-refractivity contribution is 0.824. The fourth-order valence-corrected chi connectivity index (χ4v) is 2.41. The Morgan fingerprint density at radius 3 is 2.65 bits per heavy atom. The number of aryl methyl sites for hydroxylation is 1. The van der Waals surface area contributed by atoms with Gasteiger partial charge in [-0.3, -0.25) is 4.98 Å². The average Bonchev–Trinajstić information content (AvgIpc) is 2.39. The van der Waals surface area contributed by atoms with Gasteiger partial charge in [-0.25, -0.2) is 0 Å². The van der Waals surface area contributed by atoms with Crippen molar-refractivity contribution >= 4 is 11.8 Å². The zero-order chi connectivity index (χ0) is 12.1. The van der Waals surface area contributed by atoms with Crippen molar-refractivity contribution in [3.8, 4) is 0 Å². The maximum atomic E-state index is 6.11. The van der Waals surface area contributed by atoms with E-state index in [0.29, 0.717) is 0 Å². The van der Waals surface area contributed by atoms with Crippen LogP contribution in [0.25, 0.3) is 0 Å². The maximum absolute atomic E-state index is 6.11. The SMILES string of the molecule is Cc1ccc(SCC(N)c2cccnc2)cc1. The van der Waals surface area contributed by atoms with E-state index >= 15 is 0 Å². The van der Waals surface area contributed by atoms with E-state index < -0.39 is 0 Å². The number of rotatable bonds is 4. The molecule has 0 aliphatic rings. The van der Waals surface area contributed by atoms with Crippen molar-refractivity contribution in [2.75, 3.05) is 5.75 Å². The molecule has 88 valence electrons. The van der Waals surface area contributed by atoms with Gasteiger partial charge >= 0.3 is 0 Å². The van der Waals surface area contributed by atoms with E-state index in [1.165, 1.54) is 10.5 Å². The Bertz CT molecular complexity index is 453. The van der Waals surface area contributed by atoms with Crippen LogP contribution in [0, 0.1) is 6.92 Å². The minimum Gasteiger partial charge on any atom is -0.323 e. The molecule has 2 aromatic rings. The highest BCUT2D eigenvalue weighted by molar-refractivity contribution is 7.99. The molecule has 1 aromatic heterocycles. The summed E-state index contributed by atoms with van der Waals surface area (Å²) in [6.07, 6.45) is 3.60. The highest BCUT2D eigenvalue weighted by Gasteiger charge is 2.06. The van der Waals surface area contributed by atoms with Crippen molar-refractivity contribution in [2.24, 2.45) is 5.73 Å².